The standard InChI is InChI=1S/C11H20BNO4/c1-2-16-11(15)10-7-3-4-9(14)8(7)5-12(10)17-6-13/h7-10,14H,2-6,13H2,1H3/t7-,8-,9?,10-/m0/s1. The van der Waals surface area contributed by atoms with Crippen molar-refractivity contribution in [3.63, 3.8) is 0 Å². The lowest BCUT2D eigenvalue weighted by Gasteiger charge is -2.19. The van der Waals surface area contributed by atoms with Crippen molar-refractivity contribution < 1.29 is 19.3 Å². The highest BCUT2D eigenvalue weighted by atomic mass is 16.5. The van der Waals surface area contributed by atoms with Gasteiger partial charge in [0.2, 0.25) is 0 Å². The molecule has 1 aliphatic heterocycles. The van der Waals surface area contributed by atoms with Gasteiger partial charge in [0.25, 0.3) is 0 Å². The van der Waals surface area contributed by atoms with Gasteiger partial charge in [0.1, 0.15) is 0 Å². The van der Waals surface area contributed by atoms with Gasteiger partial charge in [-0.15, -0.1) is 0 Å². The molecule has 1 aliphatic carbocycles. The highest BCUT2D eigenvalue weighted by molar-refractivity contribution is 6.59. The zero-order valence-corrected chi connectivity index (χ0v) is 10.2. The maximum atomic E-state index is 12.0. The van der Waals surface area contributed by atoms with Gasteiger partial charge in [-0.1, -0.05) is 0 Å². The molecule has 0 radical (unpaired) electrons. The zero-order chi connectivity index (χ0) is 12.4. The first-order valence-corrected chi connectivity index (χ1v) is 6.35. The molecule has 0 aromatic rings. The molecule has 96 valence electrons. The smallest absolute Gasteiger partial charge is 0.309 e. The van der Waals surface area contributed by atoms with E-state index >= 15 is 0 Å². The number of hydrogen-bond donors (Lipinski definition) is 2. The highest BCUT2D eigenvalue weighted by Crippen LogP contribution is 2.51. The molecule has 1 saturated carbocycles. The molecule has 2 rings (SSSR count). The summed E-state index contributed by atoms with van der Waals surface area (Å²) in [5, 5.41) is 9.88. The molecule has 0 aromatic carbocycles. The van der Waals surface area contributed by atoms with Gasteiger partial charge in [0, 0.05) is 0 Å². The maximum absolute atomic E-state index is 12.0. The van der Waals surface area contributed by atoms with E-state index in [1.807, 2.05) is 0 Å². The van der Waals surface area contributed by atoms with Crippen LogP contribution in [0, 0.1) is 11.8 Å². The van der Waals surface area contributed by atoms with Crippen LogP contribution in [0.5, 0.6) is 0 Å². The molecule has 17 heavy (non-hydrogen) atoms. The normalized spacial score (nSPS) is 36.1. The average molecular weight is 241 g/mol. The summed E-state index contributed by atoms with van der Waals surface area (Å²) in [6.07, 6.45) is 2.07. The van der Waals surface area contributed by atoms with Crippen LogP contribution in [-0.4, -0.2) is 37.4 Å². The first-order valence-electron chi connectivity index (χ1n) is 6.35. The van der Waals surface area contributed by atoms with E-state index in [-0.39, 0.29) is 43.4 Å². The lowest BCUT2D eigenvalue weighted by molar-refractivity contribution is -0.144. The summed E-state index contributed by atoms with van der Waals surface area (Å²) in [5.74, 6) is -0.0882. The van der Waals surface area contributed by atoms with Gasteiger partial charge in [-0.05, 0) is 37.9 Å². The topological polar surface area (TPSA) is 81.8 Å². The molecule has 1 saturated heterocycles. The first-order chi connectivity index (χ1) is 8.19. The monoisotopic (exact) mass is 241 g/mol. The van der Waals surface area contributed by atoms with Gasteiger partial charge in [-0.25, -0.2) is 0 Å². The number of esters is 1. The summed E-state index contributed by atoms with van der Waals surface area (Å²) in [6, 6.07) is 0. The van der Waals surface area contributed by atoms with Crippen LogP contribution in [0.15, 0.2) is 0 Å². The second-order valence-electron chi connectivity index (χ2n) is 4.86. The van der Waals surface area contributed by atoms with Crippen LogP contribution in [0.1, 0.15) is 19.8 Å². The molecule has 4 atom stereocenters. The summed E-state index contributed by atoms with van der Waals surface area (Å²) < 4.78 is 10.5. The van der Waals surface area contributed by atoms with E-state index in [9.17, 15) is 9.90 Å². The van der Waals surface area contributed by atoms with Crippen molar-refractivity contribution in [1.29, 1.82) is 0 Å². The number of nitrogens with two attached hydrogens (primary N) is 1. The number of rotatable bonds is 4. The third kappa shape index (κ3) is 2.34. The van der Waals surface area contributed by atoms with Crippen molar-refractivity contribution in [2.75, 3.05) is 13.3 Å². The minimum atomic E-state index is -0.302. The fourth-order valence-corrected chi connectivity index (χ4v) is 3.41. The number of aliphatic hydroxyl groups excluding tert-OH is 1. The molecule has 6 heteroatoms. The van der Waals surface area contributed by atoms with E-state index < -0.39 is 0 Å². The average Bonchev–Trinajstić information content (AvgIpc) is 2.80. The predicted molar refractivity (Wildman–Crippen MR) is 63.3 cm³/mol. The second kappa shape index (κ2) is 5.37. The van der Waals surface area contributed by atoms with Crippen molar-refractivity contribution in [3.8, 4) is 0 Å². The molecule has 1 heterocycles. The molecule has 5 nitrogen and oxygen atoms in total. The number of carbonyl (C=O) groups is 1. The van der Waals surface area contributed by atoms with E-state index in [0.717, 1.165) is 12.8 Å². The summed E-state index contributed by atoms with van der Waals surface area (Å²) in [7, 11) is 0. The Kier molecular flexibility index (Phi) is 4.07. The van der Waals surface area contributed by atoms with Crippen molar-refractivity contribution in [2.45, 2.75) is 38.0 Å². The number of aliphatic hydroxyl groups is 1. The minimum absolute atomic E-state index is 0.107. The number of ether oxygens (including phenoxy) is 1. The molecular formula is C11H20BNO4. The Morgan fingerprint density at radius 3 is 2.88 bits per heavy atom. The zero-order valence-electron chi connectivity index (χ0n) is 10.2. The summed E-state index contributed by atoms with van der Waals surface area (Å²) >= 11 is 0. The van der Waals surface area contributed by atoms with Crippen LogP contribution in [0.2, 0.25) is 12.1 Å². The van der Waals surface area contributed by atoms with Crippen LogP contribution >= 0.6 is 0 Å². The fourth-order valence-electron chi connectivity index (χ4n) is 3.41. The first kappa shape index (κ1) is 12.9. The van der Waals surface area contributed by atoms with Gasteiger partial charge in [0.15, 0.2) is 0 Å². The second-order valence-corrected chi connectivity index (χ2v) is 4.86. The third-order valence-corrected chi connectivity index (χ3v) is 4.08. The predicted octanol–water partition coefficient (Wildman–Crippen LogP) is 0.245. The molecule has 0 aromatic heterocycles. The van der Waals surface area contributed by atoms with E-state index in [0.29, 0.717) is 12.9 Å². The van der Waals surface area contributed by atoms with Gasteiger partial charge >= 0.3 is 12.9 Å². The Morgan fingerprint density at radius 2 is 2.24 bits per heavy atom. The van der Waals surface area contributed by atoms with E-state index in [1.165, 1.54) is 0 Å². The number of hydrogen-bond acceptors (Lipinski definition) is 5. The van der Waals surface area contributed by atoms with Crippen LogP contribution < -0.4 is 5.73 Å². The summed E-state index contributed by atoms with van der Waals surface area (Å²) in [5.41, 5.74) is 5.39. The number of fused-ring (bicyclic) bond motifs is 1. The molecule has 0 bridgehead atoms. The minimum Gasteiger partial charge on any atom is -0.466 e. The molecule has 2 fully saturated rings. The Morgan fingerprint density at radius 1 is 1.47 bits per heavy atom. The molecule has 3 N–H and O–H groups in total. The molecule has 0 amide bonds. The summed E-state index contributed by atoms with van der Waals surface area (Å²) in [4.78, 5) is 12.0. The van der Waals surface area contributed by atoms with Crippen LogP contribution in [-0.2, 0) is 14.2 Å². The Bertz CT molecular complexity index is 289. The Hall–Kier alpha value is -0.585. The van der Waals surface area contributed by atoms with Gasteiger partial charge in [-0.2, -0.15) is 0 Å². The lowest BCUT2D eigenvalue weighted by atomic mass is 9.56. The SMILES string of the molecule is CCOC(=O)[C@H]1B(OCN)C[C@@H]2C(O)CC[C@H]12. The van der Waals surface area contributed by atoms with Gasteiger partial charge in [-0.3, -0.25) is 4.79 Å². The third-order valence-electron chi connectivity index (χ3n) is 4.08. The highest BCUT2D eigenvalue weighted by Gasteiger charge is 2.55. The number of carbonyl (C=O) groups excluding carboxylic acids is 1. The fraction of sp³-hybridized carbons (Fsp3) is 0.909. The van der Waals surface area contributed by atoms with Crippen molar-refractivity contribution >= 4 is 12.9 Å². The van der Waals surface area contributed by atoms with E-state index in [1.54, 1.807) is 6.92 Å². The lowest BCUT2D eigenvalue weighted by Crippen LogP contribution is -2.31. The maximum Gasteiger partial charge on any atom is 0.309 e. The Balaban J connectivity index is 2.10. The quantitative estimate of drug-likeness (QED) is 0.418. The molecular weight excluding hydrogens is 221 g/mol. The molecule has 2 aliphatic rings. The largest absolute Gasteiger partial charge is 0.466 e. The van der Waals surface area contributed by atoms with Crippen LogP contribution in [0.4, 0.5) is 0 Å². The van der Waals surface area contributed by atoms with E-state index in [2.05, 4.69) is 0 Å². The Labute approximate surface area is 102 Å². The molecule has 1 unspecified atom stereocenters. The van der Waals surface area contributed by atoms with Crippen molar-refractivity contribution in [1.82, 2.24) is 0 Å². The molecule has 0 spiro atoms. The van der Waals surface area contributed by atoms with Gasteiger partial charge < -0.3 is 20.2 Å². The van der Waals surface area contributed by atoms with Crippen molar-refractivity contribution in [2.24, 2.45) is 17.6 Å². The van der Waals surface area contributed by atoms with Crippen LogP contribution in [0.3, 0.4) is 0 Å². The van der Waals surface area contributed by atoms with E-state index in [4.69, 9.17) is 15.1 Å². The van der Waals surface area contributed by atoms with Crippen LogP contribution in [0.25, 0.3) is 0 Å². The summed E-state index contributed by atoms with van der Waals surface area (Å²) in [6.45, 7) is 2.09. The van der Waals surface area contributed by atoms with Crippen molar-refractivity contribution in [3.05, 3.63) is 0 Å². The van der Waals surface area contributed by atoms with Gasteiger partial charge in [0.05, 0.1) is 25.3 Å².